The number of carbonyl (C=O) groups is 1. The van der Waals surface area contributed by atoms with Gasteiger partial charge >= 0.3 is 0 Å². The minimum atomic E-state index is -0.700. The van der Waals surface area contributed by atoms with Crippen LogP contribution in [0.4, 0.5) is 0 Å². The number of aromatic nitrogens is 2. The molecule has 0 saturated heterocycles. The van der Waals surface area contributed by atoms with Crippen LogP contribution in [0.1, 0.15) is 46.5 Å². The highest BCUT2D eigenvalue weighted by molar-refractivity contribution is 6.31. The molecule has 0 N–H and O–H groups in total. The topological polar surface area (TPSA) is 55.2 Å². The summed E-state index contributed by atoms with van der Waals surface area (Å²) in [5.74, 6) is 0.965. The van der Waals surface area contributed by atoms with E-state index in [1.165, 1.54) is 4.57 Å². The molecule has 27 heavy (non-hydrogen) atoms. The first-order chi connectivity index (χ1) is 12.5. The number of benzene rings is 1. The molecule has 0 radical (unpaired) electrons. The molecule has 5 nitrogen and oxygen atoms in total. The van der Waals surface area contributed by atoms with Gasteiger partial charge in [0.05, 0.1) is 22.4 Å². The summed E-state index contributed by atoms with van der Waals surface area (Å²) in [7, 11) is 1.67. The molecule has 1 aromatic heterocycles. The normalized spacial score (nSPS) is 13.2. The fourth-order valence-electron chi connectivity index (χ4n) is 3.03. The summed E-state index contributed by atoms with van der Waals surface area (Å²) in [4.78, 5) is 32.4. The fraction of sp³-hybridized carbons (Fsp3) is 0.550. The average molecular weight is 412 g/mol. The maximum absolute atomic E-state index is 13.2. The number of hydrogen-bond acceptors (Lipinski definition) is 3. The molecule has 0 fully saturated rings. The van der Waals surface area contributed by atoms with Gasteiger partial charge in [0.2, 0.25) is 5.91 Å². The Hall–Kier alpha value is -1.59. The highest BCUT2D eigenvalue weighted by Gasteiger charge is 2.35. The van der Waals surface area contributed by atoms with E-state index in [1.807, 2.05) is 20.8 Å². The number of alkyl halides is 1. The van der Waals surface area contributed by atoms with Crippen molar-refractivity contribution >= 4 is 40.0 Å². The number of rotatable bonds is 6. The lowest BCUT2D eigenvalue weighted by Gasteiger charge is -2.36. The monoisotopic (exact) mass is 411 g/mol. The Morgan fingerprint density at radius 1 is 1.30 bits per heavy atom. The van der Waals surface area contributed by atoms with Gasteiger partial charge in [-0.05, 0) is 44.9 Å². The second-order valence-corrected chi connectivity index (χ2v) is 8.74. The number of fused-ring (bicyclic) bond motifs is 1. The van der Waals surface area contributed by atoms with Crippen LogP contribution in [0.15, 0.2) is 23.0 Å². The molecule has 1 aromatic carbocycles. The molecule has 1 heterocycles. The summed E-state index contributed by atoms with van der Waals surface area (Å²) in [6, 6.07) is 4.68. The van der Waals surface area contributed by atoms with Crippen molar-refractivity contribution in [2.75, 3.05) is 12.4 Å². The molecule has 148 valence electrons. The van der Waals surface area contributed by atoms with Crippen LogP contribution in [0.25, 0.3) is 10.9 Å². The number of halogens is 2. The molecule has 0 bridgehead atoms. The molecule has 0 aliphatic rings. The standard InChI is InChI=1S/C20H27Cl2N3O2/c1-12(2)10-25(19(27)20(4,5)11-21)13(3)17-23-16-8-7-14(22)9-15(16)18(26)24(17)6/h7-9,12-13H,10-11H2,1-6H3. The molecule has 0 aliphatic heterocycles. The molecular formula is C20H27Cl2N3O2. The molecule has 0 saturated carbocycles. The third-order valence-electron chi connectivity index (χ3n) is 4.65. The van der Waals surface area contributed by atoms with Gasteiger partial charge in [-0.1, -0.05) is 25.4 Å². The third-order valence-corrected chi connectivity index (χ3v) is 5.55. The number of hydrogen-bond donors (Lipinski definition) is 0. The highest BCUT2D eigenvalue weighted by atomic mass is 35.5. The Morgan fingerprint density at radius 2 is 1.93 bits per heavy atom. The predicted octanol–water partition coefficient (Wildman–Crippen LogP) is 4.40. The molecule has 1 amide bonds. The molecule has 1 unspecified atom stereocenters. The largest absolute Gasteiger partial charge is 0.332 e. The van der Waals surface area contributed by atoms with E-state index in [-0.39, 0.29) is 29.3 Å². The van der Waals surface area contributed by atoms with E-state index in [0.29, 0.717) is 28.3 Å². The second kappa shape index (κ2) is 8.19. The van der Waals surface area contributed by atoms with Gasteiger partial charge in [-0.15, -0.1) is 11.6 Å². The smallest absolute Gasteiger partial charge is 0.261 e. The van der Waals surface area contributed by atoms with Crippen molar-refractivity contribution in [1.29, 1.82) is 0 Å². The van der Waals surface area contributed by atoms with E-state index in [0.717, 1.165) is 0 Å². The molecular weight excluding hydrogens is 385 g/mol. The van der Waals surface area contributed by atoms with Crippen molar-refractivity contribution in [2.45, 2.75) is 40.7 Å². The highest BCUT2D eigenvalue weighted by Crippen LogP contribution is 2.28. The van der Waals surface area contributed by atoms with Crippen LogP contribution in [0.3, 0.4) is 0 Å². The van der Waals surface area contributed by atoms with Crippen LogP contribution in [-0.2, 0) is 11.8 Å². The van der Waals surface area contributed by atoms with E-state index < -0.39 is 5.41 Å². The molecule has 7 heteroatoms. The van der Waals surface area contributed by atoms with Gasteiger partial charge in [-0.2, -0.15) is 0 Å². The summed E-state index contributed by atoms with van der Waals surface area (Å²) in [5, 5.41) is 0.950. The summed E-state index contributed by atoms with van der Waals surface area (Å²) >= 11 is 12.1. The van der Waals surface area contributed by atoms with Crippen molar-refractivity contribution < 1.29 is 4.79 Å². The van der Waals surface area contributed by atoms with Gasteiger partial charge in [-0.3, -0.25) is 14.2 Å². The first-order valence-corrected chi connectivity index (χ1v) is 9.94. The minimum Gasteiger partial charge on any atom is -0.332 e. The van der Waals surface area contributed by atoms with Crippen LogP contribution < -0.4 is 5.56 Å². The number of nitrogens with zero attached hydrogens (tertiary/aromatic N) is 3. The summed E-state index contributed by atoms with van der Waals surface area (Å²) in [5.41, 5.74) is -0.315. The zero-order valence-electron chi connectivity index (χ0n) is 16.7. The Bertz CT molecular complexity index is 906. The zero-order valence-corrected chi connectivity index (χ0v) is 18.2. The van der Waals surface area contributed by atoms with Gasteiger partial charge < -0.3 is 4.90 Å². The number of amides is 1. The van der Waals surface area contributed by atoms with E-state index in [9.17, 15) is 9.59 Å². The Labute approximate surface area is 170 Å². The second-order valence-electron chi connectivity index (χ2n) is 8.04. The van der Waals surface area contributed by atoms with Crippen molar-refractivity contribution in [3.63, 3.8) is 0 Å². The summed E-state index contributed by atoms with van der Waals surface area (Å²) < 4.78 is 1.50. The average Bonchev–Trinajstić information content (AvgIpc) is 2.61. The zero-order chi connectivity index (χ0) is 20.5. The molecule has 1 atom stereocenters. The molecule has 2 aromatic rings. The van der Waals surface area contributed by atoms with Crippen molar-refractivity contribution in [3.8, 4) is 0 Å². The van der Waals surface area contributed by atoms with Crippen molar-refractivity contribution in [2.24, 2.45) is 18.4 Å². The van der Waals surface area contributed by atoms with Gasteiger partial charge in [0.15, 0.2) is 0 Å². The van der Waals surface area contributed by atoms with Crippen molar-refractivity contribution in [1.82, 2.24) is 14.5 Å². The Kier molecular flexibility index (Phi) is 6.59. The maximum atomic E-state index is 13.2. The van der Waals surface area contributed by atoms with Crippen LogP contribution in [0.2, 0.25) is 5.02 Å². The third kappa shape index (κ3) is 4.46. The van der Waals surface area contributed by atoms with Gasteiger partial charge in [0, 0.05) is 24.5 Å². The van der Waals surface area contributed by atoms with Gasteiger partial charge in [0.1, 0.15) is 5.82 Å². The van der Waals surface area contributed by atoms with Crippen molar-refractivity contribution in [3.05, 3.63) is 39.4 Å². The number of carbonyl (C=O) groups excluding carboxylic acids is 1. The summed E-state index contributed by atoms with van der Waals surface area (Å²) in [6.07, 6.45) is 0. The molecule has 2 rings (SSSR count). The van der Waals surface area contributed by atoms with Crippen LogP contribution >= 0.6 is 23.2 Å². The Balaban J connectivity index is 2.59. The lowest BCUT2D eigenvalue weighted by Crippen LogP contribution is -2.46. The van der Waals surface area contributed by atoms with E-state index in [2.05, 4.69) is 18.8 Å². The summed E-state index contributed by atoms with van der Waals surface area (Å²) in [6.45, 7) is 10.2. The van der Waals surface area contributed by atoms with Crippen LogP contribution in [0, 0.1) is 11.3 Å². The van der Waals surface area contributed by atoms with E-state index >= 15 is 0 Å². The lowest BCUT2D eigenvalue weighted by molar-refractivity contribution is -0.142. The molecule has 0 aliphatic carbocycles. The molecule has 0 spiro atoms. The van der Waals surface area contributed by atoms with Crippen LogP contribution in [-0.4, -0.2) is 32.8 Å². The first kappa shape index (κ1) is 21.7. The van der Waals surface area contributed by atoms with Gasteiger partial charge in [-0.25, -0.2) is 4.98 Å². The Morgan fingerprint density at radius 3 is 2.48 bits per heavy atom. The SMILES string of the molecule is CC(C)CN(C(=O)C(C)(C)CCl)C(C)c1nc2ccc(Cl)cc2c(=O)n1C. The van der Waals surface area contributed by atoms with E-state index in [1.54, 1.807) is 30.1 Å². The lowest BCUT2D eigenvalue weighted by atomic mass is 9.93. The van der Waals surface area contributed by atoms with Crippen LogP contribution in [0.5, 0.6) is 0 Å². The predicted molar refractivity (Wildman–Crippen MR) is 111 cm³/mol. The minimum absolute atomic E-state index is 0.0517. The first-order valence-electron chi connectivity index (χ1n) is 9.02. The fourth-order valence-corrected chi connectivity index (χ4v) is 3.32. The maximum Gasteiger partial charge on any atom is 0.261 e. The van der Waals surface area contributed by atoms with E-state index in [4.69, 9.17) is 23.2 Å². The quantitative estimate of drug-likeness (QED) is 0.661. The van der Waals surface area contributed by atoms with Gasteiger partial charge in [0.25, 0.3) is 5.56 Å².